The number of carbonyl (C=O) groups excluding carboxylic acids is 2. The van der Waals surface area contributed by atoms with Gasteiger partial charge in [-0.1, -0.05) is 5.16 Å². The molecule has 2 amide bonds. The fourth-order valence-electron chi connectivity index (χ4n) is 1.47. The molecule has 4 N–H and O–H groups in total. The van der Waals surface area contributed by atoms with Crippen molar-refractivity contribution in [3.8, 4) is 0 Å². The summed E-state index contributed by atoms with van der Waals surface area (Å²) in [6.07, 6.45) is 0.286. The molecule has 7 heteroatoms. The van der Waals surface area contributed by atoms with Crippen LogP contribution in [0.5, 0.6) is 0 Å². The van der Waals surface area contributed by atoms with Crippen LogP contribution < -0.4 is 11.1 Å². The third-order valence-electron chi connectivity index (χ3n) is 2.55. The molecule has 1 fully saturated rings. The second-order valence-corrected chi connectivity index (χ2v) is 3.67. The molecule has 0 aromatic rings. The Balaban J connectivity index is 2.63. The van der Waals surface area contributed by atoms with Crippen molar-refractivity contribution in [2.75, 3.05) is 19.6 Å². The standard InChI is InChI=1S/C9H16N4O3/c1-6(8(10)12-16)9(15)13-4-2-7(14)11-3-5-13/h6,16H,2-5H2,1H3,(H2,10,12)(H,11,14). The van der Waals surface area contributed by atoms with Crippen molar-refractivity contribution >= 4 is 17.6 Å². The van der Waals surface area contributed by atoms with Crippen LogP contribution in [0, 0.1) is 5.92 Å². The third-order valence-corrected chi connectivity index (χ3v) is 2.55. The second kappa shape index (κ2) is 5.34. The zero-order chi connectivity index (χ0) is 12.1. The topological polar surface area (TPSA) is 108 Å². The van der Waals surface area contributed by atoms with Gasteiger partial charge in [-0.15, -0.1) is 0 Å². The number of amidine groups is 1. The fourth-order valence-corrected chi connectivity index (χ4v) is 1.47. The van der Waals surface area contributed by atoms with E-state index in [-0.39, 0.29) is 24.1 Å². The first-order valence-corrected chi connectivity index (χ1v) is 5.09. The van der Waals surface area contributed by atoms with Gasteiger partial charge in [0.1, 0.15) is 0 Å². The maximum atomic E-state index is 11.9. The van der Waals surface area contributed by atoms with E-state index in [9.17, 15) is 9.59 Å². The van der Waals surface area contributed by atoms with Gasteiger partial charge in [-0.3, -0.25) is 9.59 Å². The van der Waals surface area contributed by atoms with Crippen molar-refractivity contribution in [2.45, 2.75) is 13.3 Å². The summed E-state index contributed by atoms with van der Waals surface area (Å²) in [6.45, 7) is 2.83. The molecule has 0 radical (unpaired) electrons. The number of hydrogen-bond acceptors (Lipinski definition) is 4. The van der Waals surface area contributed by atoms with Crippen molar-refractivity contribution in [3.05, 3.63) is 0 Å². The number of carbonyl (C=O) groups is 2. The Labute approximate surface area is 93.3 Å². The van der Waals surface area contributed by atoms with Crippen molar-refractivity contribution in [2.24, 2.45) is 16.8 Å². The van der Waals surface area contributed by atoms with Gasteiger partial charge in [0.15, 0.2) is 5.84 Å². The minimum absolute atomic E-state index is 0.0632. The van der Waals surface area contributed by atoms with Crippen LogP contribution in [-0.4, -0.2) is 47.4 Å². The number of rotatable bonds is 2. The van der Waals surface area contributed by atoms with Crippen molar-refractivity contribution in [3.63, 3.8) is 0 Å². The molecule has 0 aromatic heterocycles. The highest BCUT2D eigenvalue weighted by molar-refractivity contribution is 6.01. The highest BCUT2D eigenvalue weighted by Crippen LogP contribution is 2.05. The molecule has 7 nitrogen and oxygen atoms in total. The molecule has 90 valence electrons. The van der Waals surface area contributed by atoms with Gasteiger partial charge < -0.3 is 21.2 Å². The van der Waals surface area contributed by atoms with E-state index in [4.69, 9.17) is 10.9 Å². The van der Waals surface area contributed by atoms with E-state index in [0.717, 1.165) is 0 Å². The first kappa shape index (κ1) is 12.3. The van der Waals surface area contributed by atoms with E-state index < -0.39 is 5.92 Å². The average molecular weight is 228 g/mol. The second-order valence-electron chi connectivity index (χ2n) is 3.67. The Kier molecular flexibility index (Phi) is 4.10. The molecule has 0 bridgehead atoms. The van der Waals surface area contributed by atoms with E-state index >= 15 is 0 Å². The number of oxime groups is 1. The molecule has 1 unspecified atom stereocenters. The summed E-state index contributed by atoms with van der Waals surface area (Å²) >= 11 is 0. The van der Waals surface area contributed by atoms with Gasteiger partial charge in [-0.2, -0.15) is 0 Å². The Morgan fingerprint density at radius 3 is 2.94 bits per heavy atom. The fraction of sp³-hybridized carbons (Fsp3) is 0.667. The minimum Gasteiger partial charge on any atom is -0.409 e. The van der Waals surface area contributed by atoms with Gasteiger partial charge in [0, 0.05) is 26.1 Å². The third kappa shape index (κ3) is 2.85. The van der Waals surface area contributed by atoms with Crippen LogP contribution in [0.2, 0.25) is 0 Å². The van der Waals surface area contributed by atoms with E-state index in [0.29, 0.717) is 19.6 Å². The van der Waals surface area contributed by atoms with Crippen LogP contribution in [0.3, 0.4) is 0 Å². The largest absolute Gasteiger partial charge is 0.409 e. The Hall–Kier alpha value is -1.79. The van der Waals surface area contributed by atoms with Crippen LogP contribution in [-0.2, 0) is 9.59 Å². The quantitative estimate of drug-likeness (QED) is 0.237. The molecular weight excluding hydrogens is 212 g/mol. The molecule has 0 saturated carbocycles. The molecular formula is C9H16N4O3. The number of nitrogens with zero attached hydrogens (tertiary/aromatic N) is 2. The lowest BCUT2D eigenvalue weighted by Crippen LogP contribution is -2.42. The van der Waals surface area contributed by atoms with Crippen LogP contribution in [0.1, 0.15) is 13.3 Å². The first-order chi connectivity index (χ1) is 7.56. The van der Waals surface area contributed by atoms with E-state index in [1.807, 2.05) is 0 Å². The van der Waals surface area contributed by atoms with Gasteiger partial charge in [0.2, 0.25) is 11.8 Å². The normalized spacial score (nSPS) is 19.9. The zero-order valence-electron chi connectivity index (χ0n) is 9.14. The summed E-state index contributed by atoms with van der Waals surface area (Å²) in [7, 11) is 0. The molecule has 16 heavy (non-hydrogen) atoms. The number of amides is 2. The molecule has 1 aliphatic heterocycles. The maximum Gasteiger partial charge on any atom is 0.233 e. The minimum atomic E-state index is -0.668. The van der Waals surface area contributed by atoms with Crippen LogP contribution in [0.4, 0.5) is 0 Å². The monoisotopic (exact) mass is 228 g/mol. The Morgan fingerprint density at radius 1 is 1.62 bits per heavy atom. The first-order valence-electron chi connectivity index (χ1n) is 5.09. The smallest absolute Gasteiger partial charge is 0.233 e. The van der Waals surface area contributed by atoms with E-state index in [1.54, 1.807) is 11.8 Å². The number of hydrogen-bond donors (Lipinski definition) is 3. The van der Waals surface area contributed by atoms with E-state index in [2.05, 4.69) is 10.5 Å². The highest BCUT2D eigenvalue weighted by Gasteiger charge is 2.25. The molecule has 0 spiro atoms. The Bertz CT molecular complexity index is 316. The summed E-state index contributed by atoms with van der Waals surface area (Å²) in [4.78, 5) is 24.5. The van der Waals surface area contributed by atoms with Gasteiger partial charge >= 0.3 is 0 Å². The van der Waals surface area contributed by atoms with Crippen molar-refractivity contribution in [1.29, 1.82) is 0 Å². The predicted molar refractivity (Wildman–Crippen MR) is 56.8 cm³/mol. The lowest BCUT2D eigenvalue weighted by Gasteiger charge is -2.22. The van der Waals surface area contributed by atoms with Crippen LogP contribution in [0.15, 0.2) is 5.16 Å². The summed E-state index contributed by atoms with van der Waals surface area (Å²) < 4.78 is 0. The van der Waals surface area contributed by atoms with Gasteiger partial charge in [0.25, 0.3) is 0 Å². The summed E-state index contributed by atoms with van der Waals surface area (Å²) in [5.41, 5.74) is 5.36. The lowest BCUT2D eigenvalue weighted by molar-refractivity contribution is -0.132. The molecule has 1 aliphatic rings. The highest BCUT2D eigenvalue weighted by atomic mass is 16.4. The predicted octanol–water partition coefficient (Wildman–Crippen LogP) is -1.28. The maximum absolute atomic E-state index is 11.9. The summed E-state index contributed by atoms with van der Waals surface area (Å²) in [5, 5.41) is 14.0. The molecule has 1 heterocycles. The average Bonchev–Trinajstić information content (AvgIpc) is 2.51. The molecule has 1 rings (SSSR count). The van der Waals surface area contributed by atoms with Crippen molar-refractivity contribution < 1.29 is 14.8 Å². The van der Waals surface area contributed by atoms with E-state index in [1.165, 1.54) is 0 Å². The molecule has 1 atom stereocenters. The SMILES string of the molecule is CC(C(=O)N1CCNC(=O)CC1)C(N)=NO. The van der Waals surface area contributed by atoms with Gasteiger partial charge in [-0.05, 0) is 6.92 Å². The number of nitrogens with one attached hydrogen (secondary N) is 1. The summed E-state index contributed by atoms with van der Waals surface area (Å²) in [6, 6.07) is 0. The van der Waals surface area contributed by atoms with Crippen LogP contribution in [0.25, 0.3) is 0 Å². The molecule has 1 saturated heterocycles. The Morgan fingerprint density at radius 2 is 2.31 bits per heavy atom. The van der Waals surface area contributed by atoms with Crippen molar-refractivity contribution in [1.82, 2.24) is 10.2 Å². The molecule has 0 aromatic carbocycles. The lowest BCUT2D eigenvalue weighted by atomic mass is 10.1. The van der Waals surface area contributed by atoms with Gasteiger partial charge in [-0.25, -0.2) is 0 Å². The number of nitrogens with two attached hydrogens (primary N) is 1. The van der Waals surface area contributed by atoms with Crippen LogP contribution >= 0.6 is 0 Å². The molecule has 0 aliphatic carbocycles. The summed E-state index contributed by atoms with van der Waals surface area (Å²) in [5.74, 6) is -1.08. The zero-order valence-corrected chi connectivity index (χ0v) is 9.14. The van der Waals surface area contributed by atoms with Gasteiger partial charge in [0.05, 0.1) is 5.92 Å².